The number of carboxylic acid groups (broad SMARTS) is 1. The third-order valence-corrected chi connectivity index (χ3v) is 1.75. The van der Waals surface area contributed by atoms with Gasteiger partial charge in [0.15, 0.2) is 5.69 Å². The van der Waals surface area contributed by atoms with E-state index in [1.165, 1.54) is 18.2 Å². The molecule has 1 aromatic heterocycles. The zero-order valence-electron chi connectivity index (χ0n) is 6.48. The number of hydrogen-bond acceptors (Lipinski definition) is 3. The Morgan fingerprint density at radius 1 is 1.46 bits per heavy atom. The molecule has 0 saturated carbocycles. The lowest BCUT2D eigenvalue weighted by Gasteiger charge is -1.91. The summed E-state index contributed by atoms with van der Waals surface area (Å²) in [6.45, 7) is 0. The molecule has 3 N–H and O–H groups in total. The number of hydrogen-bond donors (Lipinski definition) is 3. The fraction of sp³-hybridized carbons (Fsp3) is 0. The first kappa shape index (κ1) is 7.60. The van der Waals surface area contributed by atoms with E-state index in [2.05, 4.69) is 10.2 Å². The number of benzene rings is 1. The third kappa shape index (κ3) is 1.10. The van der Waals surface area contributed by atoms with Gasteiger partial charge in [-0.25, -0.2) is 4.79 Å². The Morgan fingerprint density at radius 2 is 2.23 bits per heavy atom. The molecular formula is C8H6N2O3. The number of rotatable bonds is 1. The van der Waals surface area contributed by atoms with Crippen LogP contribution in [0, 0.1) is 0 Å². The average molecular weight is 178 g/mol. The van der Waals surface area contributed by atoms with Crippen molar-refractivity contribution in [2.24, 2.45) is 0 Å². The van der Waals surface area contributed by atoms with Gasteiger partial charge in [0.05, 0.1) is 5.52 Å². The predicted octanol–water partition coefficient (Wildman–Crippen LogP) is 0.967. The van der Waals surface area contributed by atoms with Crippen LogP contribution in [-0.2, 0) is 0 Å². The molecule has 0 unspecified atom stereocenters. The van der Waals surface area contributed by atoms with Gasteiger partial charge < -0.3 is 10.2 Å². The van der Waals surface area contributed by atoms with Gasteiger partial charge in [-0.05, 0) is 12.1 Å². The second kappa shape index (κ2) is 2.48. The Morgan fingerprint density at radius 3 is 2.92 bits per heavy atom. The molecular weight excluding hydrogens is 172 g/mol. The van der Waals surface area contributed by atoms with Crippen LogP contribution in [0.4, 0.5) is 0 Å². The molecule has 0 aliphatic carbocycles. The van der Waals surface area contributed by atoms with Crippen LogP contribution in [0.5, 0.6) is 5.75 Å². The van der Waals surface area contributed by atoms with Gasteiger partial charge in [-0.3, -0.25) is 5.10 Å². The number of H-pyrrole nitrogens is 1. The topological polar surface area (TPSA) is 86.2 Å². The summed E-state index contributed by atoms with van der Waals surface area (Å²) in [6.07, 6.45) is 0. The third-order valence-electron chi connectivity index (χ3n) is 1.75. The van der Waals surface area contributed by atoms with Crippen molar-refractivity contribution in [1.82, 2.24) is 10.2 Å². The van der Waals surface area contributed by atoms with Crippen LogP contribution < -0.4 is 0 Å². The number of aromatic nitrogens is 2. The minimum Gasteiger partial charge on any atom is -0.508 e. The molecule has 5 nitrogen and oxygen atoms in total. The minimum absolute atomic E-state index is 0.0324. The van der Waals surface area contributed by atoms with Gasteiger partial charge in [0.2, 0.25) is 0 Å². The van der Waals surface area contributed by atoms with Gasteiger partial charge in [0, 0.05) is 11.5 Å². The first-order chi connectivity index (χ1) is 6.18. The van der Waals surface area contributed by atoms with E-state index in [0.717, 1.165) is 0 Å². The Balaban J connectivity index is 2.76. The molecule has 0 bridgehead atoms. The van der Waals surface area contributed by atoms with E-state index < -0.39 is 5.97 Å². The summed E-state index contributed by atoms with van der Waals surface area (Å²) in [6, 6.07) is 4.36. The molecule has 0 amide bonds. The van der Waals surface area contributed by atoms with Gasteiger partial charge in [0.25, 0.3) is 0 Å². The molecule has 2 rings (SSSR count). The van der Waals surface area contributed by atoms with Crippen molar-refractivity contribution in [2.75, 3.05) is 0 Å². The normalized spacial score (nSPS) is 10.5. The molecule has 1 aromatic carbocycles. The number of fused-ring (bicyclic) bond motifs is 1. The Kier molecular flexibility index (Phi) is 1.45. The van der Waals surface area contributed by atoms with E-state index in [1.54, 1.807) is 0 Å². The number of aromatic carboxylic acids is 1. The van der Waals surface area contributed by atoms with Crippen molar-refractivity contribution in [2.45, 2.75) is 0 Å². The second-order valence-electron chi connectivity index (χ2n) is 2.61. The van der Waals surface area contributed by atoms with E-state index in [1.807, 2.05) is 0 Å². The fourth-order valence-corrected chi connectivity index (χ4v) is 1.17. The van der Waals surface area contributed by atoms with Crippen molar-refractivity contribution < 1.29 is 15.0 Å². The fourth-order valence-electron chi connectivity index (χ4n) is 1.17. The lowest BCUT2D eigenvalue weighted by atomic mass is 10.2. The van der Waals surface area contributed by atoms with Crippen LogP contribution >= 0.6 is 0 Å². The zero-order chi connectivity index (χ0) is 9.42. The summed E-state index contributed by atoms with van der Waals surface area (Å²) in [4.78, 5) is 10.6. The SMILES string of the molecule is O=C(O)c1n[nH]c2cc(O)ccc12. The van der Waals surface area contributed by atoms with E-state index >= 15 is 0 Å². The number of phenolic OH excluding ortho intramolecular Hbond substituents is 1. The maximum Gasteiger partial charge on any atom is 0.357 e. The molecule has 2 aromatic rings. The standard InChI is InChI=1S/C8H6N2O3/c11-4-1-2-5-6(3-4)9-10-7(5)8(12)13/h1-3,11H,(H,9,10)(H,12,13). The van der Waals surface area contributed by atoms with Crippen LogP contribution in [0.1, 0.15) is 10.5 Å². The van der Waals surface area contributed by atoms with Gasteiger partial charge in [-0.15, -0.1) is 0 Å². The Bertz CT molecular complexity index is 475. The van der Waals surface area contributed by atoms with Crippen LogP contribution in [0.25, 0.3) is 10.9 Å². The molecule has 13 heavy (non-hydrogen) atoms. The van der Waals surface area contributed by atoms with E-state index in [9.17, 15) is 4.79 Å². The molecule has 66 valence electrons. The highest BCUT2D eigenvalue weighted by atomic mass is 16.4. The van der Waals surface area contributed by atoms with Crippen LogP contribution in [-0.4, -0.2) is 26.4 Å². The number of nitrogens with zero attached hydrogens (tertiary/aromatic N) is 1. The summed E-state index contributed by atoms with van der Waals surface area (Å²) in [7, 11) is 0. The van der Waals surface area contributed by atoms with Gasteiger partial charge in [0.1, 0.15) is 5.75 Å². The highest BCUT2D eigenvalue weighted by Crippen LogP contribution is 2.20. The first-order valence-corrected chi connectivity index (χ1v) is 3.59. The van der Waals surface area contributed by atoms with Crippen LogP contribution in [0.15, 0.2) is 18.2 Å². The smallest absolute Gasteiger partial charge is 0.357 e. The van der Waals surface area contributed by atoms with Crippen molar-refractivity contribution in [1.29, 1.82) is 0 Å². The van der Waals surface area contributed by atoms with E-state index in [4.69, 9.17) is 10.2 Å². The highest BCUT2D eigenvalue weighted by molar-refractivity contribution is 6.01. The molecule has 0 aliphatic heterocycles. The monoisotopic (exact) mass is 178 g/mol. The maximum atomic E-state index is 10.6. The maximum absolute atomic E-state index is 10.6. The average Bonchev–Trinajstić information content (AvgIpc) is 2.46. The van der Waals surface area contributed by atoms with Gasteiger partial charge in [-0.1, -0.05) is 0 Å². The Labute approximate surface area is 72.6 Å². The molecule has 0 radical (unpaired) electrons. The van der Waals surface area contributed by atoms with E-state index in [0.29, 0.717) is 10.9 Å². The van der Waals surface area contributed by atoms with Gasteiger partial charge >= 0.3 is 5.97 Å². The number of phenols is 1. The van der Waals surface area contributed by atoms with Crippen molar-refractivity contribution in [3.63, 3.8) is 0 Å². The number of carboxylic acids is 1. The molecule has 0 spiro atoms. The van der Waals surface area contributed by atoms with Gasteiger partial charge in [-0.2, -0.15) is 5.10 Å². The Hall–Kier alpha value is -2.04. The van der Waals surface area contributed by atoms with Crippen LogP contribution in [0.3, 0.4) is 0 Å². The summed E-state index contributed by atoms with van der Waals surface area (Å²) < 4.78 is 0. The molecule has 0 atom stereocenters. The van der Waals surface area contributed by atoms with E-state index in [-0.39, 0.29) is 11.4 Å². The number of nitrogens with one attached hydrogen (secondary N) is 1. The number of carbonyl (C=O) groups is 1. The number of aromatic hydroxyl groups is 1. The summed E-state index contributed by atoms with van der Waals surface area (Å²) in [5.74, 6) is -1.01. The highest BCUT2D eigenvalue weighted by Gasteiger charge is 2.11. The molecule has 1 heterocycles. The van der Waals surface area contributed by atoms with Crippen molar-refractivity contribution in [3.8, 4) is 5.75 Å². The molecule has 0 saturated heterocycles. The molecule has 5 heteroatoms. The molecule has 0 aliphatic rings. The number of aromatic amines is 1. The summed E-state index contributed by atoms with van der Waals surface area (Å²) in [5, 5.41) is 24.4. The summed E-state index contributed by atoms with van der Waals surface area (Å²) >= 11 is 0. The lowest BCUT2D eigenvalue weighted by Crippen LogP contribution is -1.96. The minimum atomic E-state index is -1.09. The molecule has 0 fully saturated rings. The zero-order valence-corrected chi connectivity index (χ0v) is 6.48. The summed E-state index contributed by atoms with van der Waals surface area (Å²) in [5.41, 5.74) is 0.479. The van der Waals surface area contributed by atoms with Crippen molar-refractivity contribution in [3.05, 3.63) is 23.9 Å². The first-order valence-electron chi connectivity index (χ1n) is 3.59. The second-order valence-corrected chi connectivity index (χ2v) is 2.61. The predicted molar refractivity (Wildman–Crippen MR) is 44.7 cm³/mol. The van der Waals surface area contributed by atoms with Crippen molar-refractivity contribution >= 4 is 16.9 Å². The lowest BCUT2D eigenvalue weighted by molar-refractivity contribution is 0.0692. The van der Waals surface area contributed by atoms with Crippen LogP contribution in [0.2, 0.25) is 0 Å². The largest absolute Gasteiger partial charge is 0.508 e. The quantitative estimate of drug-likeness (QED) is 0.607.